The molecule has 0 aromatic heterocycles. The topological polar surface area (TPSA) is 29.1 Å². The average molecular weight is 203 g/mol. The van der Waals surface area contributed by atoms with E-state index in [1.54, 1.807) is 0 Å². The third-order valence-corrected chi connectivity index (χ3v) is 3.04. The maximum atomic E-state index is 12.0. The van der Waals surface area contributed by atoms with Crippen molar-refractivity contribution in [2.75, 3.05) is 6.54 Å². The Morgan fingerprint density at radius 1 is 1.47 bits per heavy atom. The maximum Gasteiger partial charge on any atom is 0.164 e. The fraction of sp³-hybridized carbons (Fsp3) is 0.462. The molecule has 0 radical (unpaired) electrons. The van der Waals surface area contributed by atoms with Crippen LogP contribution in [0.25, 0.3) is 0 Å². The number of hydrogen-bond acceptors (Lipinski definition) is 2. The largest absolute Gasteiger partial charge is 0.314 e. The Labute approximate surface area is 90.7 Å². The van der Waals surface area contributed by atoms with Crippen LogP contribution in [0.1, 0.15) is 35.2 Å². The monoisotopic (exact) mass is 203 g/mol. The van der Waals surface area contributed by atoms with Crippen molar-refractivity contribution < 1.29 is 4.79 Å². The first-order valence-electron chi connectivity index (χ1n) is 5.59. The summed E-state index contributed by atoms with van der Waals surface area (Å²) in [7, 11) is 0. The first-order chi connectivity index (χ1) is 7.27. The van der Waals surface area contributed by atoms with Crippen molar-refractivity contribution in [3.63, 3.8) is 0 Å². The third kappa shape index (κ3) is 2.45. The smallest absolute Gasteiger partial charge is 0.164 e. The number of carbonyl (C=O) groups is 1. The highest BCUT2D eigenvalue weighted by molar-refractivity contribution is 5.97. The van der Waals surface area contributed by atoms with Gasteiger partial charge in [0.2, 0.25) is 0 Å². The molecule has 1 unspecified atom stereocenters. The number of ketones is 1. The SMILES string of the molecule is Cc1ccccc1C(=O)CC1CCCN1. The molecule has 1 aromatic carbocycles. The highest BCUT2D eigenvalue weighted by Crippen LogP contribution is 2.15. The molecule has 1 N–H and O–H groups in total. The molecule has 1 aliphatic rings. The Kier molecular flexibility index (Phi) is 3.17. The van der Waals surface area contributed by atoms with Gasteiger partial charge in [-0.25, -0.2) is 0 Å². The van der Waals surface area contributed by atoms with Crippen molar-refractivity contribution in [3.8, 4) is 0 Å². The predicted octanol–water partition coefficient (Wildman–Crippen LogP) is 2.32. The van der Waals surface area contributed by atoms with Crippen LogP contribution in [0, 0.1) is 6.92 Å². The summed E-state index contributed by atoms with van der Waals surface area (Å²) in [6.07, 6.45) is 2.98. The summed E-state index contributed by atoms with van der Waals surface area (Å²) in [5.74, 6) is 0.271. The van der Waals surface area contributed by atoms with Crippen LogP contribution in [0.2, 0.25) is 0 Å². The molecule has 0 amide bonds. The Morgan fingerprint density at radius 2 is 2.27 bits per heavy atom. The summed E-state index contributed by atoms with van der Waals surface area (Å²) in [4.78, 5) is 12.0. The predicted molar refractivity (Wildman–Crippen MR) is 61.2 cm³/mol. The van der Waals surface area contributed by atoms with E-state index < -0.39 is 0 Å². The standard InChI is InChI=1S/C13H17NO/c1-10-5-2-3-7-12(10)13(15)9-11-6-4-8-14-11/h2-3,5,7,11,14H,4,6,8-9H2,1H3. The molecule has 15 heavy (non-hydrogen) atoms. The first kappa shape index (κ1) is 10.4. The van der Waals surface area contributed by atoms with Crippen molar-refractivity contribution in [1.82, 2.24) is 5.32 Å². The van der Waals surface area contributed by atoms with E-state index in [2.05, 4.69) is 5.32 Å². The van der Waals surface area contributed by atoms with Gasteiger partial charge >= 0.3 is 0 Å². The van der Waals surface area contributed by atoms with E-state index in [0.29, 0.717) is 12.5 Å². The van der Waals surface area contributed by atoms with Crippen molar-refractivity contribution in [3.05, 3.63) is 35.4 Å². The quantitative estimate of drug-likeness (QED) is 0.764. The van der Waals surface area contributed by atoms with E-state index in [0.717, 1.165) is 24.1 Å². The first-order valence-corrected chi connectivity index (χ1v) is 5.59. The molecule has 0 aliphatic carbocycles. The van der Waals surface area contributed by atoms with E-state index >= 15 is 0 Å². The Hall–Kier alpha value is -1.15. The number of benzene rings is 1. The van der Waals surface area contributed by atoms with Gasteiger partial charge in [0, 0.05) is 18.0 Å². The van der Waals surface area contributed by atoms with Crippen LogP contribution < -0.4 is 5.32 Å². The van der Waals surface area contributed by atoms with E-state index in [1.165, 1.54) is 6.42 Å². The summed E-state index contributed by atoms with van der Waals surface area (Å²) in [6, 6.07) is 8.22. The lowest BCUT2D eigenvalue weighted by molar-refractivity contribution is 0.0971. The molecule has 1 aliphatic heterocycles. The molecule has 1 atom stereocenters. The van der Waals surface area contributed by atoms with Crippen molar-refractivity contribution >= 4 is 5.78 Å². The molecule has 0 saturated carbocycles. The minimum Gasteiger partial charge on any atom is -0.314 e. The van der Waals surface area contributed by atoms with Crippen molar-refractivity contribution in [2.24, 2.45) is 0 Å². The van der Waals surface area contributed by atoms with Crippen LogP contribution in [-0.2, 0) is 0 Å². The lowest BCUT2D eigenvalue weighted by atomic mass is 9.99. The molecule has 2 heteroatoms. The molecule has 0 bridgehead atoms. The van der Waals surface area contributed by atoms with Crippen LogP contribution in [0.15, 0.2) is 24.3 Å². The highest BCUT2D eigenvalue weighted by atomic mass is 16.1. The number of carbonyl (C=O) groups excluding carboxylic acids is 1. The summed E-state index contributed by atoms with van der Waals surface area (Å²) >= 11 is 0. The average Bonchev–Trinajstić information content (AvgIpc) is 2.71. The van der Waals surface area contributed by atoms with E-state index in [-0.39, 0.29) is 5.78 Å². The van der Waals surface area contributed by atoms with Gasteiger partial charge in [-0.2, -0.15) is 0 Å². The van der Waals surface area contributed by atoms with Crippen LogP contribution in [0.4, 0.5) is 0 Å². The van der Waals surface area contributed by atoms with Crippen LogP contribution >= 0.6 is 0 Å². The second-order valence-corrected chi connectivity index (χ2v) is 4.24. The van der Waals surface area contributed by atoms with Gasteiger partial charge in [0.25, 0.3) is 0 Å². The summed E-state index contributed by atoms with van der Waals surface area (Å²) in [5.41, 5.74) is 1.96. The van der Waals surface area contributed by atoms with Crippen LogP contribution in [0.5, 0.6) is 0 Å². The zero-order chi connectivity index (χ0) is 10.7. The number of hydrogen-bond donors (Lipinski definition) is 1. The van der Waals surface area contributed by atoms with Gasteiger partial charge in [-0.05, 0) is 31.9 Å². The molecule has 2 rings (SSSR count). The minimum absolute atomic E-state index is 0.271. The van der Waals surface area contributed by atoms with Gasteiger partial charge < -0.3 is 5.32 Å². The maximum absolute atomic E-state index is 12.0. The molecule has 1 fully saturated rings. The number of Topliss-reactive ketones (excluding diaryl/α,β-unsaturated/α-hetero) is 1. The summed E-state index contributed by atoms with van der Waals surface area (Å²) < 4.78 is 0. The normalized spacial score (nSPS) is 20.5. The van der Waals surface area contributed by atoms with Crippen molar-refractivity contribution in [2.45, 2.75) is 32.2 Å². The number of nitrogens with one attached hydrogen (secondary N) is 1. The lowest BCUT2D eigenvalue weighted by Gasteiger charge is -2.10. The molecule has 0 spiro atoms. The molecule has 1 saturated heterocycles. The van der Waals surface area contributed by atoms with Gasteiger partial charge in [-0.15, -0.1) is 0 Å². The fourth-order valence-corrected chi connectivity index (χ4v) is 2.15. The van der Waals surface area contributed by atoms with Gasteiger partial charge in [0.1, 0.15) is 0 Å². The number of aryl methyl sites for hydroxylation is 1. The Bertz CT molecular complexity index is 353. The Balaban J connectivity index is 2.04. The second-order valence-electron chi connectivity index (χ2n) is 4.24. The zero-order valence-corrected chi connectivity index (χ0v) is 9.12. The molecular formula is C13H17NO. The molecule has 1 aromatic rings. The summed E-state index contributed by atoms with van der Waals surface area (Å²) in [6.45, 7) is 3.06. The van der Waals surface area contributed by atoms with Crippen LogP contribution in [0.3, 0.4) is 0 Å². The van der Waals surface area contributed by atoms with E-state index in [1.807, 2.05) is 31.2 Å². The second kappa shape index (κ2) is 4.58. The summed E-state index contributed by atoms with van der Waals surface area (Å²) in [5, 5.41) is 3.36. The van der Waals surface area contributed by atoms with Gasteiger partial charge in [-0.1, -0.05) is 24.3 Å². The zero-order valence-electron chi connectivity index (χ0n) is 9.12. The van der Waals surface area contributed by atoms with E-state index in [9.17, 15) is 4.79 Å². The lowest BCUT2D eigenvalue weighted by Crippen LogP contribution is -2.24. The number of rotatable bonds is 3. The molecule has 2 nitrogen and oxygen atoms in total. The third-order valence-electron chi connectivity index (χ3n) is 3.04. The van der Waals surface area contributed by atoms with Gasteiger partial charge in [-0.3, -0.25) is 4.79 Å². The minimum atomic E-state index is 0.271. The van der Waals surface area contributed by atoms with Gasteiger partial charge in [0.05, 0.1) is 0 Å². The van der Waals surface area contributed by atoms with E-state index in [4.69, 9.17) is 0 Å². The van der Waals surface area contributed by atoms with Crippen LogP contribution in [-0.4, -0.2) is 18.4 Å². The van der Waals surface area contributed by atoms with Gasteiger partial charge in [0.15, 0.2) is 5.78 Å². The Morgan fingerprint density at radius 3 is 2.93 bits per heavy atom. The fourth-order valence-electron chi connectivity index (χ4n) is 2.15. The molecule has 1 heterocycles. The van der Waals surface area contributed by atoms with Crippen molar-refractivity contribution in [1.29, 1.82) is 0 Å². The molecule has 80 valence electrons. The molecular weight excluding hydrogens is 186 g/mol. The highest BCUT2D eigenvalue weighted by Gasteiger charge is 2.19.